The quantitative estimate of drug-likeness (QED) is 0.787. The molecule has 1 aliphatic carbocycles. The van der Waals surface area contributed by atoms with Crippen LogP contribution in [0.15, 0.2) is 28.4 Å². The smallest absolute Gasteiger partial charge is 0.261 e. The van der Waals surface area contributed by atoms with Gasteiger partial charge in [-0.25, -0.2) is 0 Å². The number of nitrogens with two attached hydrogens (primary N) is 1. The van der Waals surface area contributed by atoms with E-state index in [1.165, 1.54) is 6.07 Å². The summed E-state index contributed by atoms with van der Waals surface area (Å²) in [6.07, 6.45) is 2.34. The molecule has 7 heteroatoms. The molecule has 0 radical (unpaired) electrons. The van der Waals surface area contributed by atoms with Crippen LogP contribution in [0.1, 0.15) is 58.2 Å². The normalized spacial score (nSPS) is 17.8. The van der Waals surface area contributed by atoms with E-state index in [1.807, 2.05) is 24.4 Å². The molecule has 2 aromatic heterocycles. The van der Waals surface area contributed by atoms with Crippen molar-refractivity contribution < 1.29 is 9.59 Å². The first-order valence-corrected chi connectivity index (χ1v) is 8.75. The molecule has 126 valence electrons. The van der Waals surface area contributed by atoms with Gasteiger partial charge in [-0.2, -0.15) is 0 Å². The number of aryl methyl sites for hydroxylation is 1. The van der Waals surface area contributed by atoms with Crippen LogP contribution >= 0.6 is 11.3 Å². The molecule has 6 nitrogen and oxygen atoms in total. The second-order valence-corrected chi connectivity index (χ2v) is 6.98. The Balaban J connectivity index is 1.86. The molecule has 2 atom stereocenters. The number of thiophene rings is 1. The molecule has 0 saturated heterocycles. The van der Waals surface area contributed by atoms with Crippen molar-refractivity contribution in [3.8, 4) is 0 Å². The summed E-state index contributed by atoms with van der Waals surface area (Å²) in [5.41, 5.74) is 6.27. The van der Waals surface area contributed by atoms with Crippen LogP contribution in [-0.4, -0.2) is 16.8 Å². The summed E-state index contributed by atoms with van der Waals surface area (Å²) < 4.78 is 0. The highest BCUT2D eigenvalue weighted by molar-refractivity contribution is 7.10. The van der Waals surface area contributed by atoms with Crippen LogP contribution in [0.25, 0.3) is 0 Å². The van der Waals surface area contributed by atoms with Gasteiger partial charge in [0, 0.05) is 10.6 Å². The number of aromatic nitrogens is 1. The zero-order valence-electron chi connectivity index (χ0n) is 13.3. The highest BCUT2D eigenvalue weighted by atomic mass is 32.1. The molecule has 2 aromatic rings. The fraction of sp³-hybridized carbons (Fsp3) is 0.353. The van der Waals surface area contributed by atoms with Crippen LogP contribution in [0.5, 0.6) is 0 Å². The highest BCUT2D eigenvalue weighted by Crippen LogP contribution is 2.29. The Hall–Kier alpha value is -2.41. The molecule has 3 rings (SSSR count). The van der Waals surface area contributed by atoms with Gasteiger partial charge in [-0.15, -0.1) is 11.3 Å². The lowest BCUT2D eigenvalue weighted by Gasteiger charge is -2.27. The SMILES string of the molecule is C[C@H](C(=O)N[C@@H]1CCCc2[nH]c(=O)c(C(N)=O)cc21)c1cccs1. The number of aromatic amines is 1. The molecule has 0 bridgehead atoms. The average molecular weight is 345 g/mol. The van der Waals surface area contributed by atoms with Crippen molar-refractivity contribution in [1.29, 1.82) is 0 Å². The number of rotatable bonds is 4. The molecular formula is C17H19N3O3S. The van der Waals surface area contributed by atoms with E-state index in [0.29, 0.717) is 0 Å². The number of fused-ring (bicyclic) bond motifs is 1. The van der Waals surface area contributed by atoms with E-state index in [0.717, 1.165) is 35.4 Å². The van der Waals surface area contributed by atoms with Crippen molar-refractivity contribution in [3.05, 3.63) is 55.6 Å². The second kappa shape index (κ2) is 6.60. The minimum absolute atomic E-state index is 0.0675. The van der Waals surface area contributed by atoms with E-state index in [2.05, 4.69) is 10.3 Å². The lowest BCUT2D eigenvalue weighted by molar-refractivity contribution is -0.123. The molecule has 24 heavy (non-hydrogen) atoms. The maximum atomic E-state index is 12.5. The van der Waals surface area contributed by atoms with E-state index in [1.54, 1.807) is 11.3 Å². The summed E-state index contributed by atoms with van der Waals surface area (Å²) in [6, 6.07) is 5.16. The number of hydrogen-bond acceptors (Lipinski definition) is 4. The fourth-order valence-electron chi connectivity index (χ4n) is 3.04. The lowest BCUT2D eigenvalue weighted by atomic mass is 9.89. The molecule has 2 amide bonds. The van der Waals surface area contributed by atoms with Crippen LogP contribution in [-0.2, 0) is 11.2 Å². The summed E-state index contributed by atoms with van der Waals surface area (Å²) in [5, 5.41) is 4.99. The Morgan fingerprint density at radius 2 is 2.25 bits per heavy atom. The highest BCUT2D eigenvalue weighted by Gasteiger charge is 2.26. The third-order valence-corrected chi connectivity index (χ3v) is 5.45. The van der Waals surface area contributed by atoms with E-state index in [9.17, 15) is 14.4 Å². The van der Waals surface area contributed by atoms with Gasteiger partial charge in [-0.05, 0) is 49.3 Å². The average Bonchev–Trinajstić information content (AvgIpc) is 3.07. The van der Waals surface area contributed by atoms with Crippen LogP contribution < -0.4 is 16.6 Å². The monoisotopic (exact) mass is 345 g/mol. The van der Waals surface area contributed by atoms with E-state index in [-0.39, 0.29) is 23.4 Å². The Kier molecular flexibility index (Phi) is 4.53. The van der Waals surface area contributed by atoms with Crippen LogP contribution in [0.3, 0.4) is 0 Å². The number of H-pyrrole nitrogens is 1. The molecule has 0 saturated carbocycles. The largest absolute Gasteiger partial charge is 0.365 e. The van der Waals surface area contributed by atoms with Crippen LogP contribution in [0.2, 0.25) is 0 Å². The summed E-state index contributed by atoms with van der Waals surface area (Å²) in [7, 11) is 0. The maximum absolute atomic E-state index is 12.5. The van der Waals surface area contributed by atoms with Gasteiger partial charge in [0.2, 0.25) is 5.91 Å². The first kappa shape index (κ1) is 16.4. The fourth-order valence-corrected chi connectivity index (χ4v) is 3.82. The Bertz CT molecular complexity index is 826. The van der Waals surface area contributed by atoms with Crippen molar-refractivity contribution >= 4 is 23.2 Å². The first-order chi connectivity index (χ1) is 11.5. The summed E-state index contributed by atoms with van der Waals surface area (Å²) in [4.78, 5) is 39.6. The minimum atomic E-state index is -0.762. The number of nitrogens with one attached hydrogen (secondary N) is 2. The van der Waals surface area contributed by atoms with Gasteiger partial charge in [-0.3, -0.25) is 14.4 Å². The number of carbonyl (C=O) groups is 2. The van der Waals surface area contributed by atoms with Gasteiger partial charge in [0.1, 0.15) is 5.56 Å². The van der Waals surface area contributed by atoms with Gasteiger partial charge in [-0.1, -0.05) is 6.07 Å². The Labute approximate surface area is 143 Å². The molecule has 0 fully saturated rings. The van der Waals surface area contributed by atoms with Crippen molar-refractivity contribution in [2.45, 2.75) is 38.1 Å². The molecule has 0 aliphatic heterocycles. The third kappa shape index (κ3) is 3.12. The number of amides is 2. The molecule has 0 aromatic carbocycles. The standard InChI is InChI=1S/C17H19N3O3S/c1-9(14-6-3-7-24-14)16(22)19-12-4-2-5-13-10(12)8-11(15(18)21)17(23)20-13/h3,6-9,12H,2,4-5H2,1H3,(H2,18,21)(H,19,22)(H,20,23)/t9-,12+/m0/s1. The zero-order valence-corrected chi connectivity index (χ0v) is 14.1. The predicted octanol–water partition coefficient (Wildman–Crippen LogP) is 1.83. The molecule has 2 heterocycles. The van der Waals surface area contributed by atoms with Crippen molar-refractivity contribution in [2.24, 2.45) is 5.73 Å². The lowest BCUT2D eigenvalue weighted by Crippen LogP contribution is -2.35. The van der Waals surface area contributed by atoms with Gasteiger partial charge < -0.3 is 16.0 Å². The molecule has 4 N–H and O–H groups in total. The zero-order chi connectivity index (χ0) is 17.3. The van der Waals surface area contributed by atoms with E-state index in [4.69, 9.17) is 5.73 Å². The van der Waals surface area contributed by atoms with Crippen molar-refractivity contribution in [3.63, 3.8) is 0 Å². The number of hydrogen-bond donors (Lipinski definition) is 3. The summed E-state index contributed by atoms with van der Waals surface area (Å²) in [5.74, 6) is -1.07. The van der Waals surface area contributed by atoms with Gasteiger partial charge in [0.15, 0.2) is 0 Å². The van der Waals surface area contributed by atoms with E-state index < -0.39 is 11.5 Å². The molecular weight excluding hydrogens is 326 g/mol. The van der Waals surface area contributed by atoms with Crippen LogP contribution in [0, 0.1) is 0 Å². The third-order valence-electron chi connectivity index (χ3n) is 4.40. The second-order valence-electron chi connectivity index (χ2n) is 6.00. The Morgan fingerprint density at radius 3 is 2.92 bits per heavy atom. The minimum Gasteiger partial charge on any atom is -0.365 e. The number of primary amides is 1. The molecule has 1 aliphatic rings. The first-order valence-electron chi connectivity index (χ1n) is 7.87. The molecule has 0 unspecified atom stereocenters. The summed E-state index contributed by atoms with van der Waals surface area (Å²) in [6.45, 7) is 1.87. The van der Waals surface area contributed by atoms with E-state index >= 15 is 0 Å². The summed E-state index contributed by atoms with van der Waals surface area (Å²) >= 11 is 1.55. The van der Waals surface area contributed by atoms with Crippen LogP contribution in [0.4, 0.5) is 0 Å². The van der Waals surface area contributed by atoms with Gasteiger partial charge >= 0.3 is 0 Å². The van der Waals surface area contributed by atoms with Crippen molar-refractivity contribution in [2.75, 3.05) is 0 Å². The predicted molar refractivity (Wildman–Crippen MR) is 92.1 cm³/mol. The number of carbonyl (C=O) groups excluding carboxylic acids is 2. The molecule has 0 spiro atoms. The number of pyridine rings is 1. The van der Waals surface area contributed by atoms with Crippen molar-refractivity contribution in [1.82, 2.24) is 10.3 Å². The Morgan fingerprint density at radius 1 is 1.46 bits per heavy atom. The maximum Gasteiger partial charge on any atom is 0.261 e. The topological polar surface area (TPSA) is 105 Å². The van der Waals surface area contributed by atoms with Gasteiger partial charge in [0.25, 0.3) is 11.5 Å². The van der Waals surface area contributed by atoms with Gasteiger partial charge in [0.05, 0.1) is 12.0 Å².